The van der Waals surface area contributed by atoms with Gasteiger partial charge in [0.15, 0.2) is 0 Å². The van der Waals surface area contributed by atoms with Crippen molar-refractivity contribution in [2.45, 2.75) is 38.3 Å². The molecular weight excluding hydrogens is 336 g/mol. The van der Waals surface area contributed by atoms with Crippen LogP contribution in [0.2, 0.25) is 0 Å². The second-order valence-corrected chi connectivity index (χ2v) is 7.50. The average molecular weight is 362 g/mol. The summed E-state index contributed by atoms with van der Waals surface area (Å²) < 4.78 is 1.98. The average Bonchev–Trinajstić information content (AvgIpc) is 3.32. The molecule has 1 aromatic heterocycles. The molecule has 0 aliphatic heterocycles. The van der Waals surface area contributed by atoms with E-state index in [0.717, 1.165) is 25.2 Å². The molecule has 1 heterocycles. The number of rotatable bonds is 6. The Kier molecular flexibility index (Phi) is 5.21. The van der Waals surface area contributed by atoms with Crippen molar-refractivity contribution in [2.24, 2.45) is 0 Å². The second-order valence-electron chi connectivity index (χ2n) is 7.50. The molecule has 1 amide bonds. The van der Waals surface area contributed by atoms with Crippen molar-refractivity contribution < 1.29 is 4.79 Å². The second kappa shape index (κ2) is 7.92. The number of nitrogens with one attached hydrogen (secondary N) is 1. The lowest BCUT2D eigenvalue weighted by Crippen LogP contribution is -2.30. The highest BCUT2D eigenvalue weighted by atomic mass is 16.2. The summed E-state index contributed by atoms with van der Waals surface area (Å²) in [6.07, 6.45) is 6.55. The maximum atomic E-state index is 12.5. The van der Waals surface area contributed by atoms with Gasteiger partial charge in [0, 0.05) is 12.6 Å². The molecule has 4 rings (SSSR count). The standard InChI is InChI=1S/C22H26N4O/c1-25(15-17-10-11-18-6-2-3-7-19(18)14-17)16-22(27)24-21-12-13-23-26(21)20-8-4-5-9-20/h2-3,6-7,10-14,20H,4-5,8-9,15-16H2,1H3,(H,24,27). The van der Waals surface area contributed by atoms with Crippen LogP contribution in [0.15, 0.2) is 54.7 Å². The molecule has 27 heavy (non-hydrogen) atoms. The number of likely N-dealkylation sites (N-methyl/N-ethyl adjacent to an activating group) is 1. The van der Waals surface area contributed by atoms with Gasteiger partial charge in [-0.25, -0.2) is 4.68 Å². The van der Waals surface area contributed by atoms with Gasteiger partial charge in [0.25, 0.3) is 0 Å². The summed E-state index contributed by atoms with van der Waals surface area (Å²) in [4.78, 5) is 14.5. The zero-order valence-corrected chi connectivity index (χ0v) is 15.8. The number of aromatic nitrogens is 2. The van der Waals surface area contributed by atoms with E-state index in [2.05, 4.69) is 52.9 Å². The fraction of sp³-hybridized carbons (Fsp3) is 0.364. The minimum atomic E-state index is -0.00182. The molecular formula is C22H26N4O. The van der Waals surface area contributed by atoms with Gasteiger partial charge < -0.3 is 5.32 Å². The minimum absolute atomic E-state index is 0.00182. The molecule has 0 atom stereocenters. The maximum absolute atomic E-state index is 12.5. The first-order valence-corrected chi connectivity index (χ1v) is 9.68. The molecule has 3 aromatic rings. The fourth-order valence-corrected chi connectivity index (χ4v) is 3.99. The molecule has 2 aromatic carbocycles. The van der Waals surface area contributed by atoms with E-state index in [4.69, 9.17) is 0 Å². The quantitative estimate of drug-likeness (QED) is 0.714. The van der Waals surface area contributed by atoms with Gasteiger partial charge in [-0.3, -0.25) is 9.69 Å². The molecule has 5 nitrogen and oxygen atoms in total. The topological polar surface area (TPSA) is 50.2 Å². The van der Waals surface area contributed by atoms with E-state index in [9.17, 15) is 4.79 Å². The van der Waals surface area contributed by atoms with Crippen LogP contribution in [0.1, 0.15) is 37.3 Å². The van der Waals surface area contributed by atoms with Gasteiger partial charge in [-0.1, -0.05) is 49.2 Å². The van der Waals surface area contributed by atoms with Gasteiger partial charge in [-0.15, -0.1) is 0 Å². The summed E-state index contributed by atoms with van der Waals surface area (Å²) in [6.45, 7) is 1.09. The zero-order valence-electron chi connectivity index (χ0n) is 15.8. The van der Waals surface area contributed by atoms with Crippen LogP contribution in [0.25, 0.3) is 10.8 Å². The number of hydrogen-bond acceptors (Lipinski definition) is 3. The van der Waals surface area contributed by atoms with Gasteiger partial charge >= 0.3 is 0 Å². The third kappa shape index (κ3) is 4.19. The van der Waals surface area contributed by atoms with E-state index in [1.807, 2.05) is 22.7 Å². The summed E-state index contributed by atoms with van der Waals surface area (Å²) in [5, 5.41) is 9.92. The van der Waals surface area contributed by atoms with Crippen LogP contribution in [0, 0.1) is 0 Å². The van der Waals surface area contributed by atoms with Crippen LogP contribution in [-0.4, -0.2) is 34.2 Å². The zero-order chi connectivity index (χ0) is 18.6. The highest BCUT2D eigenvalue weighted by Crippen LogP contribution is 2.31. The van der Waals surface area contributed by atoms with Gasteiger partial charge in [0.1, 0.15) is 5.82 Å². The third-order valence-corrected chi connectivity index (χ3v) is 5.29. The molecule has 5 heteroatoms. The van der Waals surface area contributed by atoms with Crippen molar-refractivity contribution in [3.05, 3.63) is 60.3 Å². The van der Waals surface area contributed by atoms with E-state index in [1.165, 1.54) is 29.2 Å². The van der Waals surface area contributed by atoms with E-state index in [0.29, 0.717) is 12.6 Å². The van der Waals surface area contributed by atoms with Gasteiger partial charge in [0.05, 0.1) is 18.8 Å². The van der Waals surface area contributed by atoms with Crippen molar-refractivity contribution in [3.8, 4) is 0 Å². The van der Waals surface area contributed by atoms with Gasteiger partial charge in [0.2, 0.25) is 5.91 Å². The first-order valence-electron chi connectivity index (χ1n) is 9.68. The number of carbonyl (C=O) groups is 1. The number of amides is 1. The summed E-state index contributed by atoms with van der Waals surface area (Å²) in [5.41, 5.74) is 1.21. The van der Waals surface area contributed by atoms with Crippen molar-refractivity contribution in [1.29, 1.82) is 0 Å². The molecule has 1 saturated carbocycles. The highest BCUT2D eigenvalue weighted by molar-refractivity contribution is 5.91. The van der Waals surface area contributed by atoms with Crippen molar-refractivity contribution >= 4 is 22.5 Å². The number of carbonyl (C=O) groups excluding carboxylic acids is 1. The molecule has 0 radical (unpaired) electrons. The molecule has 0 spiro atoms. The van der Waals surface area contributed by atoms with E-state index < -0.39 is 0 Å². The Morgan fingerprint density at radius 1 is 1.15 bits per heavy atom. The Morgan fingerprint density at radius 3 is 2.74 bits per heavy atom. The smallest absolute Gasteiger partial charge is 0.239 e. The lowest BCUT2D eigenvalue weighted by atomic mass is 10.1. The fourth-order valence-electron chi connectivity index (χ4n) is 3.99. The molecule has 1 N–H and O–H groups in total. The molecule has 1 fully saturated rings. The van der Waals surface area contributed by atoms with Gasteiger partial charge in [-0.05, 0) is 42.3 Å². The van der Waals surface area contributed by atoms with Crippen LogP contribution in [-0.2, 0) is 11.3 Å². The van der Waals surface area contributed by atoms with Crippen molar-refractivity contribution in [1.82, 2.24) is 14.7 Å². The summed E-state index contributed by atoms with van der Waals surface area (Å²) >= 11 is 0. The minimum Gasteiger partial charge on any atom is -0.310 e. The highest BCUT2D eigenvalue weighted by Gasteiger charge is 2.20. The van der Waals surface area contributed by atoms with Crippen LogP contribution in [0.3, 0.4) is 0 Å². The SMILES string of the molecule is CN(CC(=O)Nc1ccnn1C1CCCC1)Cc1ccc2ccccc2c1. The Bertz CT molecular complexity index is 927. The predicted molar refractivity (Wildman–Crippen MR) is 109 cm³/mol. The number of hydrogen-bond donors (Lipinski definition) is 1. The summed E-state index contributed by atoms with van der Waals surface area (Å²) in [5.74, 6) is 0.809. The molecule has 0 bridgehead atoms. The maximum Gasteiger partial charge on any atom is 0.239 e. The third-order valence-electron chi connectivity index (χ3n) is 5.29. The Balaban J connectivity index is 1.35. The molecule has 1 aliphatic carbocycles. The summed E-state index contributed by atoms with van der Waals surface area (Å²) in [6, 6.07) is 17.1. The van der Waals surface area contributed by atoms with Crippen LogP contribution < -0.4 is 5.32 Å². The van der Waals surface area contributed by atoms with Gasteiger partial charge in [-0.2, -0.15) is 5.10 Å². The molecule has 0 saturated heterocycles. The largest absolute Gasteiger partial charge is 0.310 e. The first-order chi connectivity index (χ1) is 13.2. The number of benzene rings is 2. The Labute approximate surface area is 160 Å². The lowest BCUT2D eigenvalue weighted by Gasteiger charge is -2.18. The first kappa shape index (κ1) is 17.7. The Hall–Kier alpha value is -2.66. The number of nitrogens with zero attached hydrogens (tertiary/aromatic N) is 3. The Morgan fingerprint density at radius 2 is 1.93 bits per heavy atom. The van der Waals surface area contributed by atoms with E-state index in [1.54, 1.807) is 6.20 Å². The molecule has 1 aliphatic rings. The predicted octanol–water partition coefficient (Wildman–Crippen LogP) is 4.22. The van der Waals surface area contributed by atoms with E-state index in [-0.39, 0.29) is 5.91 Å². The lowest BCUT2D eigenvalue weighted by molar-refractivity contribution is -0.117. The van der Waals surface area contributed by atoms with E-state index >= 15 is 0 Å². The van der Waals surface area contributed by atoms with Crippen LogP contribution >= 0.6 is 0 Å². The summed E-state index contributed by atoms with van der Waals surface area (Å²) in [7, 11) is 1.98. The van der Waals surface area contributed by atoms with Crippen molar-refractivity contribution in [2.75, 3.05) is 18.9 Å². The number of anilines is 1. The number of fused-ring (bicyclic) bond motifs is 1. The molecule has 0 unspecified atom stereocenters. The van der Waals surface area contributed by atoms with Crippen LogP contribution in [0.4, 0.5) is 5.82 Å². The van der Waals surface area contributed by atoms with Crippen molar-refractivity contribution in [3.63, 3.8) is 0 Å². The molecule has 140 valence electrons. The monoisotopic (exact) mass is 362 g/mol. The normalized spacial score (nSPS) is 14.9. The van der Waals surface area contributed by atoms with Crippen LogP contribution in [0.5, 0.6) is 0 Å².